The lowest BCUT2D eigenvalue weighted by molar-refractivity contribution is -0.137. The Labute approximate surface area is 192 Å². The molecule has 0 amide bonds. The average Bonchev–Trinajstić information content (AvgIpc) is 3.11. The molecule has 0 unspecified atom stereocenters. The topological polar surface area (TPSA) is 84.2 Å². The van der Waals surface area contributed by atoms with Gasteiger partial charge in [-0.25, -0.2) is 0 Å². The standard InChI is InChI=1S/C26H39N3O3/c1-3-4-5-6-7-8-9-10-11-12-13-14-15-18-27-22-16-17-24-23(19-22)26(21(2)30)28-29(24)20-25(31)32/h3,16-17,19,27H,1,4-15,18,20H2,2H3,(H,31,32). The van der Waals surface area contributed by atoms with Gasteiger partial charge in [-0.05, 0) is 37.5 Å². The third-order valence-electron chi connectivity index (χ3n) is 5.78. The van der Waals surface area contributed by atoms with E-state index in [-0.39, 0.29) is 12.3 Å². The van der Waals surface area contributed by atoms with Gasteiger partial charge >= 0.3 is 5.97 Å². The van der Waals surface area contributed by atoms with Gasteiger partial charge in [0.25, 0.3) is 0 Å². The molecule has 32 heavy (non-hydrogen) atoms. The van der Waals surface area contributed by atoms with Crippen LogP contribution in [0.2, 0.25) is 0 Å². The first-order valence-corrected chi connectivity index (χ1v) is 12.1. The van der Waals surface area contributed by atoms with Crippen molar-refractivity contribution in [2.75, 3.05) is 11.9 Å². The summed E-state index contributed by atoms with van der Waals surface area (Å²) in [4.78, 5) is 23.0. The number of allylic oxidation sites excluding steroid dienone is 1. The van der Waals surface area contributed by atoms with Gasteiger partial charge in [0.15, 0.2) is 5.78 Å². The van der Waals surface area contributed by atoms with Gasteiger partial charge in [0.05, 0.1) is 5.52 Å². The highest BCUT2D eigenvalue weighted by atomic mass is 16.4. The van der Waals surface area contributed by atoms with Crippen LogP contribution in [0.15, 0.2) is 30.9 Å². The van der Waals surface area contributed by atoms with Gasteiger partial charge in [-0.1, -0.05) is 63.9 Å². The number of unbranched alkanes of at least 4 members (excludes halogenated alkanes) is 11. The van der Waals surface area contributed by atoms with Crippen LogP contribution < -0.4 is 5.32 Å². The lowest BCUT2D eigenvalue weighted by Gasteiger charge is -2.07. The van der Waals surface area contributed by atoms with Crippen LogP contribution in [0.25, 0.3) is 10.9 Å². The first-order chi connectivity index (χ1) is 15.5. The fourth-order valence-electron chi connectivity index (χ4n) is 4.04. The molecule has 0 radical (unpaired) electrons. The highest BCUT2D eigenvalue weighted by Crippen LogP contribution is 2.23. The molecule has 0 atom stereocenters. The van der Waals surface area contributed by atoms with Crippen LogP contribution in [0, 0.1) is 0 Å². The number of hydrogen-bond donors (Lipinski definition) is 2. The van der Waals surface area contributed by atoms with E-state index in [1.165, 1.54) is 75.8 Å². The first-order valence-electron chi connectivity index (χ1n) is 12.1. The summed E-state index contributed by atoms with van der Waals surface area (Å²) in [5.41, 5.74) is 1.92. The molecule has 6 heteroatoms. The number of nitrogens with one attached hydrogen (secondary N) is 1. The largest absolute Gasteiger partial charge is 0.480 e. The van der Waals surface area contributed by atoms with E-state index in [1.807, 2.05) is 24.3 Å². The van der Waals surface area contributed by atoms with E-state index in [0.29, 0.717) is 16.6 Å². The minimum absolute atomic E-state index is 0.163. The number of benzene rings is 1. The number of carboxylic acids is 1. The number of anilines is 1. The van der Waals surface area contributed by atoms with Crippen LogP contribution in [0.3, 0.4) is 0 Å². The molecule has 6 nitrogen and oxygen atoms in total. The highest BCUT2D eigenvalue weighted by Gasteiger charge is 2.16. The van der Waals surface area contributed by atoms with Crippen molar-refractivity contribution in [3.8, 4) is 0 Å². The minimum Gasteiger partial charge on any atom is -0.480 e. The quantitative estimate of drug-likeness (QED) is 0.155. The Morgan fingerprint density at radius 2 is 1.59 bits per heavy atom. The number of nitrogens with zero attached hydrogens (tertiary/aromatic N) is 2. The van der Waals surface area contributed by atoms with E-state index in [9.17, 15) is 9.59 Å². The number of aromatic nitrogens is 2. The average molecular weight is 442 g/mol. The number of Topliss-reactive ketones (excluding diaryl/α,β-unsaturated/α-hetero) is 1. The fraction of sp³-hybridized carbons (Fsp3) is 0.577. The normalized spacial score (nSPS) is 11.0. The number of hydrogen-bond acceptors (Lipinski definition) is 4. The monoisotopic (exact) mass is 441 g/mol. The van der Waals surface area contributed by atoms with Crippen molar-refractivity contribution in [2.45, 2.75) is 90.5 Å². The summed E-state index contributed by atoms with van der Waals surface area (Å²) in [5.74, 6) is -1.14. The van der Waals surface area contributed by atoms with E-state index >= 15 is 0 Å². The van der Waals surface area contributed by atoms with E-state index in [4.69, 9.17) is 5.11 Å². The van der Waals surface area contributed by atoms with Gasteiger partial charge in [-0.15, -0.1) is 6.58 Å². The second-order valence-electron chi connectivity index (χ2n) is 8.58. The number of aliphatic carboxylic acids is 1. The number of carboxylic acid groups (broad SMARTS) is 1. The highest BCUT2D eigenvalue weighted by molar-refractivity contribution is 6.05. The minimum atomic E-state index is -0.981. The third-order valence-corrected chi connectivity index (χ3v) is 5.78. The van der Waals surface area contributed by atoms with Crippen LogP contribution in [0.5, 0.6) is 0 Å². The van der Waals surface area contributed by atoms with E-state index in [1.54, 1.807) is 0 Å². The number of rotatable bonds is 18. The Balaban J connectivity index is 1.63. The van der Waals surface area contributed by atoms with Gasteiger partial charge in [0, 0.05) is 24.5 Å². The van der Waals surface area contributed by atoms with Crippen molar-refractivity contribution < 1.29 is 14.7 Å². The summed E-state index contributed by atoms with van der Waals surface area (Å²) in [5, 5.41) is 17.4. The summed E-state index contributed by atoms with van der Waals surface area (Å²) in [6.07, 6.45) is 17.5. The van der Waals surface area contributed by atoms with Crippen LogP contribution in [-0.2, 0) is 11.3 Å². The summed E-state index contributed by atoms with van der Waals surface area (Å²) >= 11 is 0. The van der Waals surface area contributed by atoms with E-state index in [0.717, 1.165) is 25.1 Å². The lowest BCUT2D eigenvalue weighted by Crippen LogP contribution is -2.10. The maximum absolute atomic E-state index is 11.9. The van der Waals surface area contributed by atoms with Gasteiger partial charge in [0.2, 0.25) is 0 Å². The maximum Gasteiger partial charge on any atom is 0.325 e. The molecule has 0 aliphatic heterocycles. The second-order valence-corrected chi connectivity index (χ2v) is 8.58. The molecule has 1 heterocycles. The predicted molar refractivity (Wildman–Crippen MR) is 131 cm³/mol. The molecule has 2 rings (SSSR count). The number of carbonyl (C=O) groups is 2. The van der Waals surface area contributed by atoms with Crippen molar-refractivity contribution in [1.82, 2.24) is 9.78 Å². The Bertz CT molecular complexity index is 873. The van der Waals surface area contributed by atoms with Crippen molar-refractivity contribution in [3.63, 3.8) is 0 Å². The zero-order valence-electron chi connectivity index (χ0n) is 19.6. The summed E-state index contributed by atoms with van der Waals surface area (Å²) in [7, 11) is 0. The van der Waals surface area contributed by atoms with Crippen molar-refractivity contribution >= 4 is 28.3 Å². The molecule has 2 aromatic rings. The number of ketones is 1. The molecule has 2 N–H and O–H groups in total. The molecule has 1 aromatic carbocycles. The van der Waals surface area contributed by atoms with Crippen LogP contribution >= 0.6 is 0 Å². The second kappa shape index (κ2) is 14.4. The van der Waals surface area contributed by atoms with E-state index < -0.39 is 5.97 Å². The molecule has 176 valence electrons. The molecule has 0 aliphatic carbocycles. The van der Waals surface area contributed by atoms with Gasteiger partial charge in [-0.2, -0.15) is 5.10 Å². The maximum atomic E-state index is 11.9. The van der Waals surface area contributed by atoms with Crippen LogP contribution in [0.4, 0.5) is 5.69 Å². The third kappa shape index (κ3) is 8.85. The molecule has 0 aliphatic rings. The van der Waals surface area contributed by atoms with Gasteiger partial charge in [-0.3, -0.25) is 14.3 Å². The summed E-state index contributed by atoms with van der Waals surface area (Å²) < 4.78 is 1.38. The number of carbonyl (C=O) groups excluding carboxylic acids is 1. The van der Waals surface area contributed by atoms with Crippen LogP contribution in [-0.4, -0.2) is 33.2 Å². The molecular weight excluding hydrogens is 402 g/mol. The molecule has 0 bridgehead atoms. The zero-order chi connectivity index (χ0) is 23.2. The molecule has 1 aromatic heterocycles. The predicted octanol–water partition coefficient (Wildman–Crippen LogP) is 6.60. The molecule has 0 saturated carbocycles. The molecular formula is C26H39N3O3. The van der Waals surface area contributed by atoms with Crippen LogP contribution in [0.1, 0.15) is 94.5 Å². The Kier molecular flexibility index (Phi) is 11.6. The SMILES string of the molecule is C=CCCCCCCCCCCCCCNc1ccc2c(c1)c(C(C)=O)nn2CC(=O)O. The van der Waals surface area contributed by atoms with E-state index in [2.05, 4.69) is 17.0 Å². The number of fused-ring (bicyclic) bond motifs is 1. The van der Waals surface area contributed by atoms with Gasteiger partial charge < -0.3 is 10.4 Å². The van der Waals surface area contributed by atoms with Crippen molar-refractivity contribution in [3.05, 3.63) is 36.5 Å². The van der Waals surface area contributed by atoms with Crippen molar-refractivity contribution in [2.24, 2.45) is 0 Å². The first kappa shape index (κ1) is 25.6. The molecule has 0 fully saturated rings. The Hall–Kier alpha value is -2.63. The summed E-state index contributed by atoms with van der Waals surface area (Å²) in [6, 6.07) is 5.65. The van der Waals surface area contributed by atoms with Gasteiger partial charge in [0.1, 0.15) is 12.2 Å². The van der Waals surface area contributed by atoms with Crippen molar-refractivity contribution in [1.29, 1.82) is 0 Å². The zero-order valence-corrected chi connectivity index (χ0v) is 19.6. The summed E-state index contributed by atoms with van der Waals surface area (Å²) in [6.45, 7) is 5.85. The molecule has 0 spiro atoms. The lowest BCUT2D eigenvalue weighted by atomic mass is 10.1. The fourth-order valence-corrected chi connectivity index (χ4v) is 4.04. The molecule has 0 saturated heterocycles. The Morgan fingerprint density at radius 3 is 2.16 bits per heavy atom. The smallest absolute Gasteiger partial charge is 0.325 e. The Morgan fingerprint density at radius 1 is 1.00 bits per heavy atom.